The van der Waals surface area contributed by atoms with Crippen LogP contribution in [0.4, 0.5) is 11.4 Å². The predicted molar refractivity (Wildman–Crippen MR) is 94.0 cm³/mol. The topological polar surface area (TPSA) is 55.1 Å². The van der Waals surface area contributed by atoms with Crippen LogP contribution in [0, 0.1) is 0 Å². The number of hydrogen-bond donors (Lipinski definition) is 2. The van der Waals surface area contributed by atoms with Crippen LogP contribution in [0.3, 0.4) is 0 Å². The zero-order valence-electron chi connectivity index (χ0n) is 11.1. The third kappa shape index (κ3) is 4.95. The highest BCUT2D eigenvalue weighted by Crippen LogP contribution is 2.29. The number of hydrogen-bond acceptors (Lipinski definition) is 3. The number of thioether (sulfide) groups is 1. The molecule has 0 atom stereocenters. The van der Waals surface area contributed by atoms with Gasteiger partial charge in [0.05, 0.1) is 10.7 Å². The average molecular weight is 386 g/mol. The first kappa shape index (κ1) is 16.2. The SMILES string of the molecule is Nc1ccc(Br)cc1SCCC(=O)Nc1ccccc1Cl. The van der Waals surface area contributed by atoms with Crippen LogP contribution in [0.5, 0.6) is 0 Å². The van der Waals surface area contributed by atoms with Crippen LogP contribution in [-0.4, -0.2) is 11.7 Å². The van der Waals surface area contributed by atoms with Crippen molar-refractivity contribution in [3.8, 4) is 0 Å². The van der Waals surface area contributed by atoms with E-state index in [0.717, 1.165) is 15.1 Å². The number of nitrogens with two attached hydrogens (primary N) is 1. The molecule has 0 radical (unpaired) electrons. The lowest BCUT2D eigenvalue weighted by Gasteiger charge is -2.08. The zero-order valence-corrected chi connectivity index (χ0v) is 14.3. The number of para-hydroxylation sites is 1. The molecule has 0 bridgehead atoms. The first-order chi connectivity index (χ1) is 10.1. The Morgan fingerprint density at radius 3 is 2.81 bits per heavy atom. The summed E-state index contributed by atoms with van der Waals surface area (Å²) in [6.07, 6.45) is 0.391. The fourth-order valence-electron chi connectivity index (χ4n) is 1.66. The van der Waals surface area contributed by atoms with Crippen LogP contribution < -0.4 is 11.1 Å². The van der Waals surface area contributed by atoms with Crippen molar-refractivity contribution in [3.05, 3.63) is 52.0 Å². The Morgan fingerprint density at radius 1 is 1.29 bits per heavy atom. The lowest BCUT2D eigenvalue weighted by atomic mass is 10.3. The van der Waals surface area contributed by atoms with Gasteiger partial charge in [-0.1, -0.05) is 39.7 Å². The van der Waals surface area contributed by atoms with Gasteiger partial charge in [0.15, 0.2) is 0 Å². The fourth-order valence-corrected chi connectivity index (χ4v) is 3.31. The number of benzene rings is 2. The second-order valence-corrected chi connectivity index (χ2v) is 6.77. The molecular weight excluding hydrogens is 372 g/mol. The Morgan fingerprint density at radius 2 is 2.05 bits per heavy atom. The fraction of sp³-hybridized carbons (Fsp3) is 0.133. The molecule has 6 heteroatoms. The van der Waals surface area contributed by atoms with E-state index in [1.807, 2.05) is 30.3 Å². The molecule has 2 aromatic carbocycles. The molecule has 1 amide bonds. The van der Waals surface area contributed by atoms with Gasteiger partial charge in [-0.25, -0.2) is 0 Å². The highest BCUT2D eigenvalue weighted by molar-refractivity contribution is 9.10. The zero-order chi connectivity index (χ0) is 15.2. The number of anilines is 2. The maximum Gasteiger partial charge on any atom is 0.225 e. The summed E-state index contributed by atoms with van der Waals surface area (Å²) in [5.74, 6) is 0.584. The lowest BCUT2D eigenvalue weighted by Crippen LogP contribution is -2.12. The van der Waals surface area contributed by atoms with Gasteiger partial charge in [-0.3, -0.25) is 4.79 Å². The Kier molecular flexibility index (Phi) is 5.96. The molecule has 0 fully saturated rings. The number of carbonyl (C=O) groups excluding carboxylic acids is 1. The number of amides is 1. The standard InChI is InChI=1S/C15H14BrClN2OS/c16-10-5-6-12(18)14(9-10)21-8-7-15(20)19-13-4-2-1-3-11(13)17/h1-6,9H,7-8,18H2,(H,19,20). The minimum atomic E-state index is -0.0656. The summed E-state index contributed by atoms with van der Waals surface area (Å²) in [5, 5.41) is 3.33. The van der Waals surface area contributed by atoms with E-state index in [1.54, 1.807) is 23.9 Å². The molecule has 0 spiro atoms. The third-order valence-corrected chi connectivity index (χ3v) is 4.61. The summed E-state index contributed by atoms with van der Waals surface area (Å²) in [4.78, 5) is 12.9. The van der Waals surface area contributed by atoms with Crippen LogP contribution in [0.2, 0.25) is 5.02 Å². The Hall–Kier alpha value is -1.17. The molecule has 0 saturated heterocycles. The summed E-state index contributed by atoms with van der Waals surface area (Å²) in [7, 11) is 0. The third-order valence-electron chi connectivity index (χ3n) is 2.71. The molecule has 0 heterocycles. The van der Waals surface area contributed by atoms with E-state index in [0.29, 0.717) is 22.9 Å². The first-order valence-corrected chi connectivity index (χ1v) is 8.44. The molecule has 2 rings (SSSR count). The van der Waals surface area contributed by atoms with Crippen LogP contribution in [0.25, 0.3) is 0 Å². The summed E-state index contributed by atoms with van der Waals surface area (Å²) in [5.41, 5.74) is 7.24. The molecule has 3 nitrogen and oxygen atoms in total. The molecule has 0 aliphatic rings. The second kappa shape index (κ2) is 7.73. The highest BCUT2D eigenvalue weighted by Gasteiger charge is 2.07. The van der Waals surface area contributed by atoms with Crippen molar-refractivity contribution in [1.29, 1.82) is 0 Å². The monoisotopic (exact) mass is 384 g/mol. The summed E-state index contributed by atoms with van der Waals surface area (Å²) >= 11 is 11.0. The van der Waals surface area contributed by atoms with E-state index >= 15 is 0 Å². The normalized spacial score (nSPS) is 10.4. The molecule has 0 aromatic heterocycles. The largest absolute Gasteiger partial charge is 0.398 e. The smallest absolute Gasteiger partial charge is 0.225 e. The number of rotatable bonds is 5. The lowest BCUT2D eigenvalue weighted by molar-refractivity contribution is -0.115. The van der Waals surface area contributed by atoms with Gasteiger partial charge in [0, 0.05) is 27.2 Å². The predicted octanol–water partition coefficient (Wildman–Crippen LogP) is 4.81. The molecule has 21 heavy (non-hydrogen) atoms. The van der Waals surface area contributed by atoms with Gasteiger partial charge in [-0.15, -0.1) is 11.8 Å². The Bertz CT molecular complexity index is 651. The van der Waals surface area contributed by atoms with Crippen molar-refractivity contribution in [2.24, 2.45) is 0 Å². The Balaban J connectivity index is 1.85. The highest BCUT2D eigenvalue weighted by atomic mass is 79.9. The number of carbonyl (C=O) groups is 1. The van der Waals surface area contributed by atoms with E-state index < -0.39 is 0 Å². The van der Waals surface area contributed by atoms with Gasteiger partial charge >= 0.3 is 0 Å². The van der Waals surface area contributed by atoms with Crippen LogP contribution in [-0.2, 0) is 4.79 Å². The molecule has 2 aromatic rings. The summed E-state index contributed by atoms with van der Waals surface area (Å²) < 4.78 is 0.972. The molecule has 0 aliphatic heterocycles. The van der Waals surface area contributed by atoms with Crippen molar-refractivity contribution in [2.75, 3.05) is 16.8 Å². The van der Waals surface area contributed by atoms with Crippen LogP contribution >= 0.6 is 39.3 Å². The van der Waals surface area contributed by atoms with Gasteiger partial charge < -0.3 is 11.1 Å². The summed E-state index contributed by atoms with van der Waals surface area (Å²) in [6.45, 7) is 0. The molecular formula is C15H14BrClN2OS. The van der Waals surface area contributed by atoms with Crippen LogP contribution in [0.1, 0.15) is 6.42 Å². The second-order valence-electron chi connectivity index (χ2n) is 4.31. The number of nitrogen functional groups attached to an aromatic ring is 1. The van der Waals surface area contributed by atoms with E-state index in [2.05, 4.69) is 21.2 Å². The van der Waals surface area contributed by atoms with Crippen molar-refractivity contribution in [3.63, 3.8) is 0 Å². The molecule has 3 N–H and O–H groups in total. The summed E-state index contributed by atoms with van der Waals surface area (Å²) in [6, 6.07) is 12.9. The molecule has 0 saturated carbocycles. The van der Waals surface area contributed by atoms with Crippen molar-refractivity contribution in [2.45, 2.75) is 11.3 Å². The van der Waals surface area contributed by atoms with Crippen molar-refractivity contribution in [1.82, 2.24) is 0 Å². The van der Waals surface area contributed by atoms with E-state index in [-0.39, 0.29) is 5.91 Å². The molecule has 0 aliphatic carbocycles. The first-order valence-electron chi connectivity index (χ1n) is 6.28. The quantitative estimate of drug-likeness (QED) is 0.574. The van der Waals surface area contributed by atoms with Gasteiger partial charge in [-0.2, -0.15) is 0 Å². The average Bonchev–Trinajstić information content (AvgIpc) is 2.45. The van der Waals surface area contributed by atoms with Gasteiger partial charge in [0.1, 0.15) is 0 Å². The maximum atomic E-state index is 11.9. The van der Waals surface area contributed by atoms with Crippen LogP contribution in [0.15, 0.2) is 51.8 Å². The minimum absolute atomic E-state index is 0.0656. The Labute approximate surface area is 141 Å². The van der Waals surface area contributed by atoms with E-state index in [9.17, 15) is 4.79 Å². The van der Waals surface area contributed by atoms with Crippen molar-refractivity contribution < 1.29 is 4.79 Å². The van der Waals surface area contributed by atoms with Gasteiger partial charge in [-0.05, 0) is 30.3 Å². The van der Waals surface area contributed by atoms with Gasteiger partial charge in [0.2, 0.25) is 5.91 Å². The van der Waals surface area contributed by atoms with Gasteiger partial charge in [0.25, 0.3) is 0 Å². The molecule has 0 unspecified atom stereocenters. The number of halogens is 2. The molecule has 110 valence electrons. The van der Waals surface area contributed by atoms with Crippen molar-refractivity contribution >= 4 is 56.6 Å². The number of nitrogens with one attached hydrogen (secondary N) is 1. The minimum Gasteiger partial charge on any atom is -0.398 e. The van der Waals surface area contributed by atoms with E-state index in [4.69, 9.17) is 17.3 Å². The maximum absolute atomic E-state index is 11.9. The van der Waals surface area contributed by atoms with E-state index in [1.165, 1.54) is 0 Å².